The number of benzene rings is 3. The highest BCUT2D eigenvalue weighted by molar-refractivity contribution is 9.10. The minimum Gasteiger partial charge on any atom is -0.340 e. The molecule has 0 aliphatic heterocycles. The number of aryl methyl sites for hydroxylation is 2. The van der Waals surface area contributed by atoms with Gasteiger partial charge in [-0.25, -0.2) is 9.97 Å². The maximum atomic E-state index is 14.3. The molecule has 1 unspecified atom stereocenters. The molecule has 5 aromatic rings. The second-order valence-corrected chi connectivity index (χ2v) is 11.1. The van der Waals surface area contributed by atoms with Crippen LogP contribution in [0.5, 0.6) is 0 Å². The Bertz CT molecular complexity index is 1600. The second kappa shape index (κ2) is 11.6. The molecule has 0 aliphatic carbocycles. The van der Waals surface area contributed by atoms with Gasteiger partial charge in [-0.2, -0.15) is 0 Å². The lowest BCUT2D eigenvalue weighted by Crippen LogP contribution is -2.29. The summed E-state index contributed by atoms with van der Waals surface area (Å²) in [7, 11) is 0. The normalized spacial score (nSPS) is 12.4. The molecule has 38 heavy (non-hydrogen) atoms. The van der Waals surface area contributed by atoms with Crippen LogP contribution >= 0.6 is 15.9 Å². The standard InChI is InChI=1S/C32H35BrN4O/c1-4-5-6-7-8-9-18-29(31-35-26-19-21(2)22(3)20-27(26)36-31)37-28-17-13-12-16-25(28)34-30(32(37)38)23-14-10-11-15-24(23)33/h10-17,19-20,29H,4-9,18H2,1-3H3,(H,35,36). The summed E-state index contributed by atoms with van der Waals surface area (Å²) < 4.78 is 2.79. The largest absolute Gasteiger partial charge is 0.340 e. The van der Waals surface area contributed by atoms with Gasteiger partial charge in [-0.1, -0.05) is 91.7 Å². The van der Waals surface area contributed by atoms with Crippen LogP contribution in [-0.4, -0.2) is 19.5 Å². The highest BCUT2D eigenvalue weighted by Crippen LogP contribution is 2.31. The second-order valence-electron chi connectivity index (χ2n) is 10.3. The van der Waals surface area contributed by atoms with Crippen molar-refractivity contribution in [3.05, 3.63) is 92.4 Å². The summed E-state index contributed by atoms with van der Waals surface area (Å²) in [4.78, 5) is 27.8. The zero-order valence-electron chi connectivity index (χ0n) is 22.4. The number of H-pyrrole nitrogens is 1. The quantitative estimate of drug-likeness (QED) is 0.171. The van der Waals surface area contributed by atoms with Crippen LogP contribution in [0.15, 0.2) is 69.9 Å². The first kappa shape index (κ1) is 26.4. The Morgan fingerprint density at radius 2 is 1.58 bits per heavy atom. The zero-order chi connectivity index (χ0) is 26.6. The van der Waals surface area contributed by atoms with Gasteiger partial charge in [0.15, 0.2) is 0 Å². The van der Waals surface area contributed by atoms with Gasteiger partial charge in [-0.15, -0.1) is 0 Å². The van der Waals surface area contributed by atoms with Crippen molar-refractivity contribution < 1.29 is 0 Å². The van der Waals surface area contributed by atoms with Crippen LogP contribution in [0.25, 0.3) is 33.3 Å². The fraction of sp³-hybridized carbons (Fsp3) is 0.344. The molecule has 1 atom stereocenters. The number of nitrogens with zero attached hydrogens (tertiary/aromatic N) is 3. The summed E-state index contributed by atoms with van der Waals surface area (Å²) in [5.74, 6) is 0.829. The lowest BCUT2D eigenvalue weighted by atomic mass is 10.0. The summed E-state index contributed by atoms with van der Waals surface area (Å²) in [5.41, 5.74) is 7.17. The highest BCUT2D eigenvalue weighted by Gasteiger charge is 2.24. The van der Waals surface area contributed by atoms with Crippen LogP contribution in [0.2, 0.25) is 0 Å². The van der Waals surface area contributed by atoms with Crippen molar-refractivity contribution in [1.29, 1.82) is 0 Å². The van der Waals surface area contributed by atoms with Crippen molar-refractivity contribution in [3.8, 4) is 11.3 Å². The van der Waals surface area contributed by atoms with Crippen molar-refractivity contribution >= 4 is 38.0 Å². The number of halogens is 1. The van der Waals surface area contributed by atoms with E-state index in [9.17, 15) is 4.79 Å². The molecule has 0 fully saturated rings. The maximum absolute atomic E-state index is 14.3. The Hall–Kier alpha value is -3.25. The monoisotopic (exact) mass is 570 g/mol. The van der Waals surface area contributed by atoms with Gasteiger partial charge < -0.3 is 4.98 Å². The van der Waals surface area contributed by atoms with Crippen molar-refractivity contribution in [2.45, 2.75) is 71.8 Å². The number of rotatable bonds is 10. The molecule has 1 N–H and O–H groups in total. The summed E-state index contributed by atoms with van der Waals surface area (Å²) in [6.45, 7) is 6.47. The molecular formula is C32H35BrN4O. The number of fused-ring (bicyclic) bond motifs is 2. The van der Waals surface area contributed by atoms with Crippen molar-refractivity contribution in [2.75, 3.05) is 0 Å². The first-order valence-electron chi connectivity index (χ1n) is 13.7. The van der Waals surface area contributed by atoms with E-state index in [1.54, 1.807) is 0 Å². The van der Waals surface area contributed by atoms with E-state index in [2.05, 4.69) is 53.8 Å². The Morgan fingerprint density at radius 3 is 2.39 bits per heavy atom. The fourth-order valence-electron chi connectivity index (χ4n) is 5.25. The minimum absolute atomic E-state index is 0.0978. The van der Waals surface area contributed by atoms with Crippen molar-refractivity contribution in [1.82, 2.24) is 19.5 Å². The summed E-state index contributed by atoms with van der Waals surface area (Å²) in [6.07, 6.45) is 7.97. The predicted molar refractivity (Wildman–Crippen MR) is 161 cm³/mol. The molecule has 6 heteroatoms. The van der Waals surface area contributed by atoms with E-state index in [0.29, 0.717) is 5.69 Å². The van der Waals surface area contributed by atoms with Crippen LogP contribution in [0.4, 0.5) is 0 Å². The topological polar surface area (TPSA) is 63.6 Å². The number of aromatic nitrogens is 4. The zero-order valence-corrected chi connectivity index (χ0v) is 24.0. The summed E-state index contributed by atoms with van der Waals surface area (Å²) in [5, 5.41) is 0. The third kappa shape index (κ3) is 5.32. The van der Waals surface area contributed by atoms with Crippen LogP contribution in [-0.2, 0) is 0 Å². The van der Waals surface area contributed by atoms with Gasteiger partial charge in [-0.05, 0) is 61.7 Å². The summed E-state index contributed by atoms with van der Waals surface area (Å²) >= 11 is 3.64. The van der Waals surface area contributed by atoms with Crippen LogP contribution in [0.3, 0.4) is 0 Å². The number of hydrogen-bond acceptors (Lipinski definition) is 3. The van der Waals surface area contributed by atoms with Gasteiger partial charge in [0.2, 0.25) is 0 Å². The number of hydrogen-bond donors (Lipinski definition) is 1. The third-order valence-corrected chi connectivity index (χ3v) is 8.19. The van der Waals surface area contributed by atoms with Gasteiger partial charge in [-0.3, -0.25) is 9.36 Å². The van der Waals surface area contributed by atoms with Gasteiger partial charge in [0.1, 0.15) is 11.5 Å². The number of aromatic amines is 1. The lowest BCUT2D eigenvalue weighted by Gasteiger charge is -2.21. The number of unbranched alkanes of at least 4 members (excludes halogenated alkanes) is 5. The van der Waals surface area contributed by atoms with Crippen LogP contribution < -0.4 is 5.56 Å². The Morgan fingerprint density at radius 1 is 0.868 bits per heavy atom. The first-order chi connectivity index (χ1) is 18.5. The predicted octanol–water partition coefficient (Wildman–Crippen LogP) is 8.66. The lowest BCUT2D eigenvalue weighted by molar-refractivity contribution is 0.477. The molecular weight excluding hydrogens is 536 g/mol. The van der Waals surface area contributed by atoms with E-state index in [1.807, 2.05) is 53.1 Å². The molecule has 3 aromatic carbocycles. The molecule has 0 radical (unpaired) electrons. The average molecular weight is 572 g/mol. The minimum atomic E-state index is -0.226. The molecule has 0 aliphatic rings. The van der Waals surface area contributed by atoms with E-state index >= 15 is 0 Å². The van der Waals surface area contributed by atoms with Crippen molar-refractivity contribution in [2.24, 2.45) is 0 Å². The molecule has 0 bridgehead atoms. The number of para-hydroxylation sites is 2. The third-order valence-electron chi connectivity index (χ3n) is 7.50. The van der Waals surface area contributed by atoms with Gasteiger partial charge in [0, 0.05) is 10.0 Å². The van der Waals surface area contributed by atoms with E-state index < -0.39 is 0 Å². The van der Waals surface area contributed by atoms with Crippen molar-refractivity contribution in [3.63, 3.8) is 0 Å². The molecule has 5 nitrogen and oxygen atoms in total. The Kier molecular flexibility index (Phi) is 8.08. The van der Waals surface area contributed by atoms with E-state index in [0.717, 1.165) is 57.2 Å². The summed E-state index contributed by atoms with van der Waals surface area (Å²) in [6, 6.07) is 19.8. The molecule has 2 aromatic heterocycles. The SMILES string of the molecule is CCCCCCCCC(c1nc2cc(C)c(C)cc2[nH]1)n1c(=O)c(-c2ccccc2Br)nc2ccccc21. The van der Waals surface area contributed by atoms with E-state index in [-0.39, 0.29) is 11.6 Å². The maximum Gasteiger partial charge on any atom is 0.278 e. The van der Waals surface area contributed by atoms with Gasteiger partial charge >= 0.3 is 0 Å². The average Bonchev–Trinajstić information content (AvgIpc) is 3.31. The van der Waals surface area contributed by atoms with E-state index in [1.165, 1.54) is 36.8 Å². The number of imidazole rings is 1. The smallest absolute Gasteiger partial charge is 0.278 e. The van der Waals surface area contributed by atoms with Crippen LogP contribution in [0.1, 0.15) is 74.9 Å². The highest BCUT2D eigenvalue weighted by atomic mass is 79.9. The molecule has 0 spiro atoms. The molecule has 0 saturated heterocycles. The van der Waals surface area contributed by atoms with E-state index in [4.69, 9.17) is 9.97 Å². The first-order valence-corrected chi connectivity index (χ1v) is 14.5. The fourth-order valence-corrected chi connectivity index (χ4v) is 5.72. The molecule has 0 amide bonds. The number of nitrogens with one attached hydrogen (secondary N) is 1. The van der Waals surface area contributed by atoms with Gasteiger partial charge in [0.25, 0.3) is 5.56 Å². The Balaban J connectivity index is 1.67. The molecule has 2 heterocycles. The van der Waals surface area contributed by atoms with Gasteiger partial charge in [0.05, 0.1) is 28.1 Å². The molecule has 196 valence electrons. The Labute approximate surface area is 232 Å². The molecule has 0 saturated carbocycles. The molecule has 5 rings (SSSR count). The van der Waals surface area contributed by atoms with Crippen LogP contribution in [0, 0.1) is 13.8 Å².